The largest absolute Gasteiger partial charge is 0.477 e. The highest BCUT2D eigenvalue weighted by atomic mass is 32.2. The molecule has 0 aromatic carbocycles. The second-order valence-corrected chi connectivity index (χ2v) is 5.09. The lowest BCUT2D eigenvalue weighted by atomic mass is 10.2. The Bertz CT molecular complexity index is 308. The van der Waals surface area contributed by atoms with Gasteiger partial charge in [0.25, 0.3) is 0 Å². The van der Waals surface area contributed by atoms with E-state index in [2.05, 4.69) is 9.99 Å². The van der Waals surface area contributed by atoms with E-state index in [4.69, 9.17) is 9.84 Å². The Kier molecular flexibility index (Phi) is 6.64. The molecule has 0 aromatic heterocycles. The summed E-state index contributed by atoms with van der Waals surface area (Å²) >= 11 is 1.11. The summed E-state index contributed by atoms with van der Waals surface area (Å²) in [6, 6.07) is 0. The molecule has 0 amide bonds. The number of carboxylic acids is 1. The van der Waals surface area contributed by atoms with Crippen LogP contribution >= 0.6 is 11.8 Å². The van der Waals surface area contributed by atoms with Crippen molar-refractivity contribution in [3.8, 4) is 0 Å². The minimum atomic E-state index is -1.16. The van der Waals surface area contributed by atoms with Gasteiger partial charge in [-0.25, -0.2) is 4.79 Å². The standard InChI is InChI=1S/C10H17NO5S/c1-10(2,3)16-8(12)6-17-5-7(9(13)14)11-15-4/h5-6H2,1-4H3,(H,13,14). The van der Waals surface area contributed by atoms with E-state index >= 15 is 0 Å². The maximum atomic E-state index is 11.3. The molecule has 0 aliphatic heterocycles. The van der Waals surface area contributed by atoms with Crippen molar-refractivity contribution < 1.29 is 24.3 Å². The molecule has 0 bridgehead atoms. The summed E-state index contributed by atoms with van der Waals surface area (Å²) in [5.74, 6) is -1.39. The smallest absolute Gasteiger partial charge is 0.354 e. The van der Waals surface area contributed by atoms with Crippen molar-refractivity contribution in [1.82, 2.24) is 0 Å². The van der Waals surface area contributed by atoms with E-state index in [1.807, 2.05) is 0 Å². The van der Waals surface area contributed by atoms with Crippen LogP contribution in [0, 0.1) is 0 Å². The van der Waals surface area contributed by atoms with Crippen LogP contribution in [0.4, 0.5) is 0 Å². The zero-order valence-electron chi connectivity index (χ0n) is 10.3. The zero-order valence-corrected chi connectivity index (χ0v) is 11.2. The number of ether oxygens (including phenoxy) is 1. The summed E-state index contributed by atoms with van der Waals surface area (Å²) in [7, 11) is 1.27. The van der Waals surface area contributed by atoms with Gasteiger partial charge in [-0.15, -0.1) is 11.8 Å². The molecule has 98 valence electrons. The number of carboxylic acid groups (broad SMARTS) is 1. The molecule has 0 aliphatic carbocycles. The lowest BCUT2D eigenvalue weighted by molar-refractivity contribution is -0.151. The first kappa shape index (κ1) is 15.8. The van der Waals surface area contributed by atoms with Crippen LogP contribution in [0.25, 0.3) is 0 Å². The fourth-order valence-electron chi connectivity index (χ4n) is 0.839. The third-order valence-corrected chi connectivity index (χ3v) is 2.24. The van der Waals surface area contributed by atoms with E-state index in [-0.39, 0.29) is 23.2 Å². The minimum Gasteiger partial charge on any atom is -0.477 e. The summed E-state index contributed by atoms with van der Waals surface area (Å²) in [6.07, 6.45) is 0. The molecule has 0 saturated heterocycles. The number of carbonyl (C=O) groups is 2. The van der Waals surface area contributed by atoms with Gasteiger partial charge in [0.2, 0.25) is 0 Å². The average molecular weight is 263 g/mol. The third kappa shape index (κ3) is 8.56. The summed E-state index contributed by atoms with van der Waals surface area (Å²) in [5, 5.41) is 12.1. The van der Waals surface area contributed by atoms with Crippen molar-refractivity contribution in [3.63, 3.8) is 0 Å². The van der Waals surface area contributed by atoms with Crippen LogP contribution in [0.3, 0.4) is 0 Å². The Morgan fingerprint density at radius 2 is 1.88 bits per heavy atom. The van der Waals surface area contributed by atoms with Gasteiger partial charge >= 0.3 is 11.9 Å². The normalized spacial score (nSPS) is 12.1. The Balaban J connectivity index is 4.02. The Morgan fingerprint density at radius 1 is 1.29 bits per heavy atom. The molecule has 0 saturated carbocycles. The molecule has 17 heavy (non-hydrogen) atoms. The van der Waals surface area contributed by atoms with Crippen LogP contribution in [0.5, 0.6) is 0 Å². The molecule has 6 nitrogen and oxygen atoms in total. The molecule has 0 heterocycles. The molecular weight excluding hydrogens is 246 g/mol. The van der Waals surface area contributed by atoms with Crippen molar-refractivity contribution in [2.45, 2.75) is 26.4 Å². The van der Waals surface area contributed by atoms with Crippen LogP contribution < -0.4 is 0 Å². The number of hydrogen-bond donors (Lipinski definition) is 1. The first-order valence-corrected chi connectivity index (χ1v) is 6.04. The Labute approximate surface area is 104 Å². The third-order valence-electron chi connectivity index (χ3n) is 1.33. The quantitative estimate of drug-likeness (QED) is 0.439. The molecule has 0 fully saturated rings. The van der Waals surface area contributed by atoms with Crippen LogP contribution in [-0.4, -0.2) is 47.0 Å². The molecule has 0 unspecified atom stereocenters. The molecule has 0 radical (unpaired) electrons. The van der Waals surface area contributed by atoms with Gasteiger partial charge in [-0.3, -0.25) is 4.79 Å². The van der Waals surface area contributed by atoms with Gasteiger partial charge < -0.3 is 14.7 Å². The van der Waals surface area contributed by atoms with Gasteiger partial charge in [0, 0.05) is 5.75 Å². The van der Waals surface area contributed by atoms with Crippen LogP contribution in [0.15, 0.2) is 5.16 Å². The van der Waals surface area contributed by atoms with Gasteiger partial charge in [0.1, 0.15) is 12.7 Å². The molecule has 0 atom stereocenters. The number of rotatable bonds is 6. The van der Waals surface area contributed by atoms with E-state index in [1.54, 1.807) is 20.8 Å². The SMILES string of the molecule is CON=C(CSCC(=O)OC(C)(C)C)C(=O)O. The number of thioether (sulfide) groups is 1. The number of carbonyl (C=O) groups excluding carboxylic acids is 1. The second kappa shape index (κ2) is 7.16. The summed E-state index contributed by atoms with van der Waals surface area (Å²) < 4.78 is 5.06. The number of esters is 1. The fourth-order valence-corrected chi connectivity index (χ4v) is 1.54. The number of hydrogen-bond acceptors (Lipinski definition) is 6. The van der Waals surface area contributed by atoms with E-state index in [9.17, 15) is 9.59 Å². The average Bonchev–Trinajstić information content (AvgIpc) is 2.13. The first-order valence-electron chi connectivity index (χ1n) is 4.89. The molecular formula is C10H17NO5S. The summed E-state index contributed by atoms with van der Waals surface area (Å²) in [4.78, 5) is 26.3. The Hall–Kier alpha value is -1.24. The number of nitrogens with zero attached hydrogens (tertiary/aromatic N) is 1. The molecule has 7 heteroatoms. The summed E-state index contributed by atoms with van der Waals surface area (Å²) in [6.45, 7) is 5.31. The molecule has 0 rings (SSSR count). The topological polar surface area (TPSA) is 85.2 Å². The fraction of sp³-hybridized carbons (Fsp3) is 0.700. The molecule has 0 spiro atoms. The lowest BCUT2D eigenvalue weighted by Gasteiger charge is -2.19. The number of oxime groups is 1. The maximum Gasteiger partial charge on any atom is 0.354 e. The van der Waals surface area contributed by atoms with E-state index in [0.29, 0.717) is 0 Å². The Morgan fingerprint density at radius 3 is 2.29 bits per heavy atom. The van der Waals surface area contributed by atoms with Gasteiger partial charge in [-0.1, -0.05) is 5.16 Å². The number of aliphatic carboxylic acids is 1. The van der Waals surface area contributed by atoms with Crippen molar-refractivity contribution in [3.05, 3.63) is 0 Å². The molecule has 1 N–H and O–H groups in total. The van der Waals surface area contributed by atoms with Gasteiger partial charge in [-0.05, 0) is 20.8 Å². The van der Waals surface area contributed by atoms with Crippen molar-refractivity contribution in [2.75, 3.05) is 18.6 Å². The maximum absolute atomic E-state index is 11.3. The van der Waals surface area contributed by atoms with E-state index < -0.39 is 11.6 Å². The van der Waals surface area contributed by atoms with Crippen LogP contribution in [0.1, 0.15) is 20.8 Å². The predicted octanol–water partition coefficient (Wildman–Crippen LogP) is 1.15. The van der Waals surface area contributed by atoms with Gasteiger partial charge in [0.05, 0.1) is 5.75 Å². The van der Waals surface area contributed by atoms with Gasteiger partial charge in [0.15, 0.2) is 5.71 Å². The summed E-state index contributed by atoms with van der Waals surface area (Å²) in [5.41, 5.74) is -0.672. The minimum absolute atomic E-state index is 0.0767. The lowest BCUT2D eigenvalue weighted by Crippen LogP contribution is -2.25. The first-order chi connectivity index (χ1) is 7.76. The predicted molar refractivity (Wildman–Crippen MR) is 65.2 cm³/mol. The molecule has 0 aromatic rings. The van der Waals surface area contributed by atoms with Crippen LogP contribution in [-0.2, 0) is 19.2 Å². The molecule has 0 aliphatic rings. The van der Waals surface area contributed by atoms with Crippen molar-refractivity contribution in [1.29, 1.82) is 0 Å². The van der Waals surface area contributed by atoms with Crippen molar-refractivity contribution >= 4 is 29.4 Å². The monoisotopic (exact) mass is 263 g/mol. The highest BCUT2D eigenvalue weighted by Gasteiger charge is 2.17. The van der Waals surface area contributed by atoms with Crippen LogP contribution in [0.2, 0.25) is 0 Å². The zero-order chi connectivity index (χ0) is 13.5. The van der Waals surface area contributed by atoms with Crippen molar-refractivity contribution in [2.24, 2.45) is 5.16 Å². The highest BCUT2D eigenvalue weighted by Crippen LogP contribution is 2.10. The van der Waals surface area contributed by atoms with Gasteiger partial charge in [-0.2, -0.15) is 0 Å². The second-order valence-electron chi connectivity index (χ2n) is 4.10. The highest BCUT2D eigenvalue weighted by molar-refractivity contribution is 8.00. The van der Waals surface area contributed by atoms with E-state index in [1.165, 1.54) is 7.11 Å². The van der Waals surface area contributed by atoms with E-state index in [0.717, 1.165) is 11.8 Å².